The molecule has 0 aliphatic rings. The molecular weight excluding hydrogens is 288 g/mol. The normalized spacial score (nSPS) is 10.5. The van der Waals surface area contributed by atoms with Crippen molar-refractivity contribution in [3.8, 4) is 0 Å². The van der Waals surface area contributed by atoms with Crippen molar-refractivity contribution in [2.45, 2.75) is 19.8 Å². The first-order valence-electron chi connectivity index (χ1n) is 5.84. The van der Waals surface area contributed by atoms with Crippen LogP contribution in [-0.2, 0) is 6.42 Å². The Morgan fingerprint density at radius 2 is 2.05 bits per heavy atom. The van der Waals surface area contributed by atoms with Gasteiger partial charge in [0.1, 0.15) is 23.1 Å². The lowest BCUT2D eigenvalue weighted by atomic mass is 10.2. The van der Waals surface area contributed by atoms with Crippen LogP contribution in [0.4, 0.5) is 15.9 Å². The summed E-state index contributed by atoms with van der Waals surface area (Å²) in [5, 5.41) is 3.55. The van der Waals surface area contributed by atoms with Crippen LogP contribution in [0.2, 0.25) is 10.2 Å². The van der Waals surface area contributed by atoms with Gasteiger partial charge < -0.3 is 5.32 Å². The summed E-state index contributed by atoms with van der Waals surface area (Å²) in [6, 6.07) is 4.48. The Kier molecular flexibility index (Phi) is 4.56. The molecule has 0 unspecified atom stereocenters. The van der Waals surface area contributed by atoms with Gasteiger partial charge in [-0.3, -0.25) is 0 Å². The van der Waals surface area contributed by atoms with Crippen LogP contribution in [-0.4, -0.2) is 9.97 Å². The molecule has 2 rings (SSSR count). The number of benzene rings is 1. The molecule has 1 heterocycles. The highest BCUT2D eigenvalue weighted by Gasteiger charge is 2.13. The molecule has 2 aromatic rings. The first-order chi connectivity index (χ1) is 9.13. The molecule has 0 radical (unpaired) electrons. The maximum absolute atomic E-state index is 13.7. The average molecular weight is 300 g/mol. The van der Waals surface area contributed by atoms with Crippen molar-refractivity contribution in [2.24, 2.45) is 0 Å². The van der Waals surface area contributed by atoms with E-state index >= 15 is 0 Å². The Morgan fingerprint density at radius 1 is 1.26 bits per heavy atom. The summed E-state index contributed by atoms with van der Waals surface area (Å²) in [6.45, 7) is 2.02. The number of anilines is 2. The largest absolute Gasteiger partial charge is 0.336 e. The number of halogens is 3. The molecule has 0 aliphatic heterocycles. The zero-order valence-electron chi connectivity index (χ0n) is 10.3. The van der Waals surface area contributed by atoms with Gasteiger partial charge >= 0.3 is 0 Å². The van der Waals surface area contributed by atoms with Crippen LogP contribution in [0.3, 0.4) is 0 Å². The fourth-order valence-electron chi connectivity index (χ4n) is 1.71. The maximum Gasteiger partial charge on any atom is 0.148 e. The predicted octanol–water partition coefficient (Wildman–Crippen LogP) is 4.62. The van der Waals surface area contributed by atoms with E-state index in [-0.39, 0.29) is 10.7 Å². The average Bonchev–Trinajstić information content (AvgIpc) is 2.38. The third-order valence-corrected chi connectivity index (χ3v) is 3.24. The molecule has 0 saturated carbocycles. The van der Waals surface area contributed by atoms with E-state index in [0.29, 0.717) is 17.4 Å². The minimum absolute atomic E-state index is 0.191. The minimum atomic E-state index is -0.440. The third kappa shape index (κ3) is 3.14. The molecule has 3 nitrogen and oxygen atoms in total. The lowest BCUT2D eigenvalue weighted by Crippen LogP contribution is -2.03. The van der Waals surface area contributed by atoms with Crippen LogP contribution in [0.25, 0.3) is 0 Å². The molecule has 0 amide bonds. The topological polar surface area (TPSA) is 37.8 Å². The molecule has 1 aromatic heterocycles. The number of aromatic nitrogens is 2. The Hall–Kier alpha value is -1.39. The lowest BCUT2D eigenvalue weighted by Gasteiger charge is -2.12. The highest BCUT2D eigenvalue weighted by molar-refractivity contribution is 6.33. The molecule has 1 aromatic carbocycles. The summed E-state index contributed by atoms with van der Waals surface area (Å²) in [5.74, 6) is 0.0403. The first kappa shape index (κ1) is 14.0. The smallest absolute Gasteiger partial charge is 0.148 e. The molecular formula is C13H12Cl2FN3. The van der Waals surface area contributed by atoms with E-state index in [1.54, 1.807) is 12.1 Å². The number of hydrogen-bond donors (Lipinski definition) is 1. The Morgan fingerprint density at radius 3 is 2.74 bits per heavy atom. The van der Waals surface area contributed by atoms with Crippen molar-refractivity contribution in [3.63, 3.8) is 0 Å². The molecule has 0 bridgehead atoms. The maximum atomic E-state index is 13.7. The van der Waals surface area contributed by atoms with Gasteiger partial charge in [-0.2, -0.15) is 0 Å². The number of nitrogens with zero attached hydrogens (tertiary/aromatic N) is 2. The van der Waals surface area contributed by atoms with E-state index in [1.165, 1.54) is 12.4 Å². The standard InChI is InChI=1S/C13H12Cl2FN3/c1-2-4-8-12(15)17-7-18-13(8)19-11-9(14)5-3-6-10(11)16/h3,5-7H,2,4H2,1H3,(H,17,18,19). The quantitative estimate of drug-likeness (QED) is 0.837. The summed E-state index contributed by atoms with van der Waals surface area (Å²) in [4.78, 5) is 8.04. The molecule has 100 valence electrons. The van der Waals surface area contributed by atoms with Crippen LogP contribution in [0, 0.1) is 5.82 Å². The van der Waals surface area contributed by atoms with E-state index in [4.69, 9.17) is 23.2 Å². The first-order valence-corrected chi connectivity index (χ1v) is 6.59. The van der Waals surface area contributed by atoms with Crippen molar-refractivity contribution in [1.82, 2.24) is 9.97 Å². The van der Waals surface area contributed by atoms with E-state index in [0.717, 1.165) is 12.0 Å². The van der Waals surface area contributed by atoms with Crippen LogP contribution in [0.1, 0.15) is 18.9 Å². The van der Waals surface area contributed by atoms with Gasteiger partial charge in [0, 0.05) is 5.56 Å². The molecule has 0 aliphatic carbocycles. The fraction of sp³-hybridized carbons (Fsp3) is 0.231. The van der Waals surface area contributed by atoms with Gasteiger partial charge in [-0.1, -0.05) is 42.6 Å². The Bertz CT molecular complexity index is 570. The molecule has 0 atom stereocenters. The summed E-state index contributed by atoms with van der Waals surface area (Å²) in [6.07, 6.45) is 2.92. The van der Waals surface area contributed by atoms with Gasteiger partial charge in [-0.05, 0) is 18.6 Å². The minimum Gasteiger partial charge on any atom is -0.336 e. The molecule has 0 saturated heterocycles. The fourth-order valence-corrected chi connectivity index (χ4v) is 2.14. The van der Waals surface area contributed by atoms with Crippen molar-refractivity contribution < 1.29 is 4.39 Å². The van der Waals surface area contributed by atoms with Gasteiger partial charge in [0.25, 0.3) is 0 Å². The predicted molar refractivity (Wildman–Crippen MR) is 75.7 cm³/mol. The zero-order valence-corrected chi connectivity index (χ0v) is 11.8. The number of nitrogens with one attached hydrogen (secondary N) is 1. The molecule has 19 heavy (non-hydrogen) atoms. The van der Waals surface area contributed by atoms with Gasteiger partial charge in [0.05, 0.1) is 10.7 Å². The van der Waals surface area contributed by atoms with Gasteiger partial charge in [-0.25, -0.2) is 14.4 Å². The van der Waals surface area contributed by atoms with Crippen LogP contribution in [0.15, 0.2) is 24.5 Å². The van der Waals surface area contributed by atoms with Crippen LogP contribution >= 0.6 is 23.2 Å². The van der Waals surface area contributed by atoms with E-state index in [9.17, 15) is 4.39 Å². The van der Waals surface area contributed by atoms with Crippen LogP contribution in [0.5, 0.6) is 0 Å². The molecule has 1 N–H and O–H groups in total. The SMILES string of the molecule is CCCc1c(Cl)ncnc1Nc1c(F)cccc1Cl. The summed E-state index contributed by atoms with van der Waals surface area (Å²) >= 11 is 12.0. The second-order valence-electron chi connectivity index (χ2n) is 3.96. The van der Waals surface area contributed by atoms with Crippen molar-refractivity contribution in [1.29, 1.82) is 0 Å². The third-order valence-electron chi connectivity index (χ3n) is 2.60. The van der Waals surface area contributed by atoms with Gasteiger partial charge in [0.15, 0.2) is 0 Å². The van der Waals surface area contributed by atoms with Gasteiger partial charge in [0.2, 0.25) is 0 Å². The molecule has 0 spiro atoms. The van der Waals surface area contributed by atoms with E-state index in [1.807, 2.05) is 6.92 Å². The summed E-state index contributed by atoms with van der Waals surface area (Å²) < 4.78 is 13.7. The number of rotatable bonds is 4. The molecule has 6 heteroatoms. The summed E-state index contributed by atoms with van der Waals surface area (Å²) in [5.41, 5.74) is 0.947. The van der Waals surface area contributed by atoms with Crippen LogP contribution < -0.4 is 5.32 Å². The Balaban J connectivity index is 2.41. The highest BCUT2D eigenvalue weighted by atomic mass is 35.5. The second kappa shape index (κ2) is 6.17. The van der Waals surface area contributed by atoms with Crippen molar-refractivity contribution in [3.05, 3.63) is 46.1 Å². The highest BCUT2D eigenvalue weighted by Crippen LogP contribution is 2.30. The molecule has 0 fully saturated rings. The van der Waals surface area contributed by atoms with Crippen molar-refractivity contribution in [2.75, 3.05) is 5.32 Å². The lowest BCUT2D eigenvalue weighted by molar-refractivity contribution is 0.632. The monoisotopic (exact) mass is 299 g/mol. The Labute approximate surface area is 120 Å². The second-order valence-corrected chi connectivity index (χ2v) is 4.73. The van der Waals surface area contributed by atoms with Gasteiger partial charge in [-0.15, -0.1) is 0 Å². The summed E-state index contributed by atoms with van der Waals surface area (Å²) in [7, 11) is 0. The van der Waals surface area contributed by atoms with E-state index in [2.05, 4.69) is 15.3 Å². The van der Waals surface area contributed by atoms with E-state index < -0.39 is 5.82 Å². The number of para-hydroxylation sites is 1. The van der Waals surface area contributed by atoms with Crippen molar-refractivity contribution >= 4 is 34.7 Å². The zero-order chi connectivity index (χ0) is 13.8. The number of hydrogen-bond acceptors (Lipinski definition) is 3.